The first kappa shape index (κ1) is 20.0. The summed E-state index contributed by atoms with van der Waals surface area (Å²) in [5.41, 5.74) is 1.33. The summed E-state index contributed by atoms with van der Waals surface area (Å²) in [6, 6.07) is 9.27. The molecule has 2 rings (SSSR count). The van der Waals surface area contributed by atoms with E-state index in [9.17, 15) is 14.0 Å². The molecule has 2 N–H and O–H groups in total. The molecule has 7 heteroatoms. The van der Waals surface area contributed by atoms with E-state index < -0.39 is 17.6 Å². The summed E-state index contributed by atoms with van der Waals surface area (Å²) in [4.78, 5) is 23.2. The van der Waals surface area contributed by atoms with E-state index in [0.29, 0.717) is 23.6 Å². The van der Waals surface area contributed by atoms with Gasteiger partial charge in [-0.2, -0.15) is 0 Å². The Labute approximate surface area is 157 Å². The number of hydrogen-bond acceptors (Lipinski definition) is 4. The standard InChI is InChI=1S/C20H21FN2O4/c1-4-5-14-6-9-18(19(10-14)26-3)27-12-20(25)23-15-7-8-16(21)17(11-15)22-13(2)24/h4,6-11H,1,5,12H2,2-3H3,(H,22,24)(H,23,25). The number of anilines is 2. The summed E-state index contributed by atoms with van der Waals surface area (Å²) in [6.07, 6.45) is 2.47. The highest BCUT2D eigenvalue weighted by Crippen LogP contribution is 2.28. The van der Waals surface area contributed by atoms with Crippen LogP contribution in [0.5, 0.6) is 11.5 Å². The number of hydrogen-bond donors (Lipinski definition) is 2. The SMILES string of the molecule is C=CCc1ccc(OCC(=O)Nc2ccc(F)c(NC(C)=O)c2)c(OC)c1. The molecular weight excluding hydrogens is 351 g/mol. The summed E-state index contributed by atoms with van der Waals surface area (Å²) in [7, 11) is 1.52. The Balaban J connectivity index is 2.00. The fourth-order valence-corrected chi connectivity index (χ4v) is 2.35. The van der Waals surface area contributed by atoms with Crippen molar-refractivity contribution < 1.29 is 23.5 Å². The maximum Gasteiger partial charge on any atom is 0.262 e. The molecule has 0 unspecified atom stereocenters. The number of benzene rings is 2. The second-order valence-corrected chi connectivity index (χ2v) is 5.69. The fourth-order valence-electron chi connectivity index (χ4n) is 2.35. The lowest BCUT2D eigenvalue weighted by atomic mass is 10.1. The lowest BCUT2D eigenvalue weighted by molar-refractivity contribution is -0.118. The zero-order valence-electron chi connectivity index (χ0n) is 15.2. The van der Waals surface area contributed by atoms with E-state index in [-0.39, 0.29) is 12.3 Å². The molecule has 27 heavy (non-hydrogen) atoms. The van der Waals surface area contributed by atoms with Crippen LogP contribution in [0, 0.1) is 5.82 Å². The zero-order chi connectivity index (χ0) is 19.8. The largest absolute Gasteiger partial charge is 0.493 e. The number of carbonyl (C=O) groups is 2. The lowest BCUT2D eigenvalue weighted by Gasteiger charge is -2.12. The molecule has 0 saturated heterocycles. The Morgan fingerprint density at radius 3 is 2.59 bits per heavy atom. The van der Waals surface area contributed by atoms with Crippen molar-refractivity contribution in [1.82, 2.24) is 0 Å². The van der Waals surface area contributed by atoms with E-state index in [2.05, 4.69) is 17.2 Å². The van der Waals surface area contributed by atoms with Crippen LogP contribution in [-0.4, -0.2) is 25.5 Å². The average molecular weight is 372 g/mol. The number of carbonyl (C=O) groups excluding carboxylic acids is 2. The van der Waals surface area contributed by atoms with Crippen LogP contribution >= 0.6 is 0 Å². The molecule has 0 aliphatic heterocycles. The smallest absolute Gasteiger partial charge is 0.262 e. The third-order valence-electron chi connectivity index (χ3n) is 3.53. The van der Waals surface area contributed by atoms with Crippen LogP contribution in [0.2, 0.25) is 0 Å². The van der Waals surface area contributed by atoms with Gasteiger partial charge in [-0.3, -0.25) is 9.59 Å². The third kappa shape index (κ3) is 5.85. The Morgan fingerprint density at radius 1 is 1.15 bits per heavy atom. The van der Waals surface area contributed by atoms with Crippen LogP contribution < -0.4 is 20.1 Å². The normalized spacial score (nSPS) is 10.0. The van der Waals surface area contributed by atoms with E-state index in [1.807, 2.05) is 12.1 Å². The number of halogens is 1. The van der Waals surface area contributed by atoms with E-state index in [1.54, 1.807) is 12.1 Å². The van der Waals surface area contributed by atoms with Gasteiger partial charge in [-0.05, 0) is 42.3 Å². The first-order valence-corrected chi connectivity index (χ1v) is 8.20. The van der Waals surface area contributed by atoms with Gasteiger partial charge in [0.05, 0.1) is 12.8 Å². The van der Waals surface area contributed by atoms with Crippen molar-refractivity contribution in [3.63, 3.8) is 0 Å². The van der Waals surface area contributed by atoms with Crippen LogP contribution in [-0.2, 0) is 16.0 Å². The van der Waals surface area contributed by atoms with Gasteiger partial charge in [-0.15, -0.1) is 6.58 Å². The number of nitrogens with one attached hydrogen (secondary N) is 2. The van der Waals surface area contributed by atoms with Crippen molar-refractivity contribution in [2.75, 3.05) is 24.4 Å². The zero-order valence-corrected chi connectivity index (χ0v) is 15.2. The molecule has 0 atom stereocenters. The quantitative estimate of drug-likeness (QED) is 0.695. The van der Waals surface area contributed by atoms with E-state index >= 15 is 0 Å². The summed E-state index contributed by atoms with van der Waals surface area (Å²) >= 11 is 0. The van der Waals surface area contributed by atoms with Crippen LogP contribution in [0.4, 0.5) is 15.8 Å². The molecule has 0 saturated carbocycles. The molecule has 0 heterocycles. The Hall–Kier alpha value is -3.35. The molecule has 2 aromatic rings. The molecule has 0 aromatic heterocycles. The van der Waals surface area contributed by atoms with Crippen molar-refractivity contribution in [3.05, 3.63) is 60.4 Å². The van der Waals surface area contributed by atoms with Gasteiger partial charge in [-0.1, -0.05) is 12.1 Å². The highest BCUT2D eigenvalue weighted by atomic mass is 19.1. The number of allylic oxidation sites excluding steroid dienone is 1. The molecule has 0 fully saturated rings. The average Bonchev–Trinajstić information content (AvgIpc) is 2.63. The minimum absolute atomic E-state index is 0.0132. The second kappa shape index (κ2) is 9.38. The van der Waals surface area contributed by atoms with Crippen molar-refractivity contribution >= 4 is 23.2 Å². The number of amides is 2. The van der Waals surface area contributed by atoms with Gasteiger partial charge in [-0.25, -0.2) is 4.39 Å². The van der Waals surface area contributed by atoms with Crippen LogP contribution in [0.25, 0.3) is 0 Å². The van der Waals surface area contributed by atoms with Crippen LogP contribution in [0.3, 0.4) is 0 Å². The van der Waals surface area contributed by atoms with Crippen molar-refractivity contribution in [2.45, 2.75) is 13.3 Å². The van der Waals surface area contributed by atoms with Gasteiger partial charge in [0, 0.05) is 12.6 Å². The van der Waals surface area contributed by atoms with Gasteiger partial charge in [0.2, 0.25) is 5.91 Å². The van der Waals surface area contributed by atoms with Crippen molar-refractivity contribution in [2.24, 2.45) is 0 Å². The molecule has 0 aliphatic rings. The van der Waals surface area contributed by atoms with Gasteiger partial charge in [0.1, 0.15) is 5.82 Å². The first-order valence-electron chi connectivity index (χ1n) is 8.20. The maximum absolute atomic E-state index is 13.6. The summed E-state index contributed by atoms with van der Waals surface area (Å²) in [5.74, 6) is -0.500. The van der Waals surface area contributed by atoms with E-state index in [0.717, 1.165) is 11.6 Å². The minimum Gasteiger partial charge on any atom is -0.493 e. The Bertz CT molecular complexity index is 852. The molecule has 2 aromatic carbocycles. The van der Waals surface area contributed by atoms with Gasteiger partial charge < -0.3 is 20.1 Å². The molecule has 0 aliphatic carbocycles. The first-order chi connectivity index (χ1) is 12.9. The monoisotopic (exact) mass is 372 g/mol. The van der Waals surface area contributed by atoms with Gasteiger partial charge in [0.15, 0.2) is 18.1 Å². The molecule has 0 bridgehead atoms. The van der Waals surface area contributed by atoms with Gasteiger partial charge >= 0.3 is 0 Å². The second-order valence-electron chi connectivity index (χ2n) is 5.69. The molecule has 0 spiro atoms. The minimum atomic E-state index is -0.594. The van der Waals surface area contributed by atoms with E-state index in [4.69, 9.17) is 9.47 Å². The molecular formula is C20H21FN2O4. The van der Waals surface area contributed by atoms with E-state index in [1.165, 1.54) is 26.2 Å². The predicted octanol–water partition coefficient (Wildman–Crippen LogP) is 3.54. The number of ether oxygens (including phenoxy) is 2. The number of rotatable bonds is 8. The fraction of sp³-hybridized carbons (Fsp3) is 0.200. The summed E-state index contributed by atoms with van der Waals surface area (Å²) < 4.78 is 24.4. The molecule has 0 radical (unpaired) electrons. The topological polar surface area (TPSA) is 76.7 Å². The molecule has 2 amide bonds. The highest BCUT2D eigenvalue weighted by Gasteiger charge is 2.11. The summed E-state index contributed by atoms with van der Waals surface area (Å²) in [6.45, 7) is 4.70. The Kier molecular flexibility index (Phi) is 6.93. The lowest BCUT2D eigenvalue weighted by Crippen LogP contribution is -2.20. The maximum atomic E-state index is 13.6. The highest BCUT2D eigenvalue weighted by molar-refractivity contribution is 5.94. The number of methoxy groups -OCH3 is 1. The van der Waals surface area contributed by atoms with Crippen molar-refractivity contribution in [1.29, 1.82) is 0 Å². The Morgan fingerprint density at radius 2 is 1.93 bits per heavy atom. The van der Waals surface area contributed by atoms with Crippen LogP contribution in [0.15, 0.2) is 49.1 Å². The third-order valence-corrected chi connectivity index (χ3v) is 3.53. The molecule has 6 nitrogen and oxygen atoms in total. The van der Waals surface area contributed by atoms with Gasteiger partial charge in [0.25, 0.3) is 5.91 Å². The molecule has 142 valence electrons. The van der Waals surface area contributed by atoms with Crippen LogP contribution in [0.1, 0.15) is 12.5 Å². The van der Waals surface area contributed by atoms with Crippen molar-refractivity contribution in [3.8, 4) is 11.5 Å². The summed E-state index contributed by atoms with van der Waals surface area (Å²) in [5, 5.41) is 4.94. The predicted molar refractivity (Wildman–Crippen MR) is 102 cm³/mol.